The number of nitrogens with zero attached hydrogens (tertiary/aromatic N) is 1. The van der Waals surface area contributed by atoms with Crippen LogP contribution >= 0.6 is 0 Å². The van der Waals surface area contributed by atoms with Gasteiger partial charge in [0.15, 0.2) is 0 Å². The molecule has 0 spiro atoms. The summed E-state index contributed by atoms with van der Waals surface area (Å²) >= 11 is 0. The monoisotopic (exact) mass is 300 g/mol. The van der Waals surface area contributed by atoms with Crippen molar-refractivity contribution in [1.29, 1.82) is 0 Å². The Kier molecular flexibility index (Phi) is 9.49. The third-order valence-corrected chi connectivity index (χ3v) is 4.61. The van der Waals surface area contributed by atoms with Crippen molar-refractivity contribution in [3.63, 3.8) is 0 Å². The van der Waals surface area contributed by atoms with Crippen molar-refractivity contribution in [1.82, 2.24) is 10.2 Å². The lowest BCUT2D eigenvalue weighted by molar-refractivity contribution is 0.0915. The molecule has 1 aliphatic rings. The molecule has 0 atom stereocenters. The normalized spacial score (nSPS) is 19.1. The molecule has 0 aliphatic heterocycles. The summed E-state index contributed by atoms with van der Waals surface area (Å²) in [5.74, 6) is 0.679. The Hall–Kier alpha value is -0.160. The van der Waals surface area contributed by atoms with Gasteiger partial charge in [-0.3, -0.25) is 4.90 Å². The molecule has 0 amide bonds. The predicted molar refractivity (Wildman–Crippen MR) is 88.5 cm³/mol. The molecule has 126 valence electrons. The number of hydrogen-bond donors (Lipinski definition) is 3. The molecule has 0 bridgehead atoms. The minimum atomic E-state index is 0.176. The zero-order valence-corrected chi connectivity index (χ0v) is 14.1. The van der Waals surface area contributed by atoms with Crippen LogP contribution in [-0.4, -0.2) is 61.1 Å². The SMILES string of the molecule is CC(C)CNCC1(CN(CCO)CCO)CCCCCC1. The van der Waals surface area contributed by atoms with Crippen LogP contribution in [0.2, 0.25) is 0 Å². The number of hydrogen-bond acceptors (Lipinski definition) is 4. The van der Waals surface area contributed by atoms with Crippen LogP contribution < -0.4 is 5.32 Å². The first kappa shape index (κ1) is 18.9. The van der Waals surface area contributed by atoms with Crippen LogP contribution in [0.5, 0.6) is 0 Å². The fourth-order valence-corrected chi connectivity index (χ4v) is 3.52. The summed E-state index contributed by atoms with van der Waals surface area (Å²) in [5, 5.41) is 22.1. The van der Waals surface area contributed by atoms with Crippen molar-refractivity contribution < 1.29 is 10.2 Å². The minimum Gasteiger partial charge on any atom is -0.395 e. The molecular formula is C17H36N2O2. The van der Waals surface area contributed by atoms with Crippen LogP contribution in [0.25, 0.3) is 0 Å². The lowest BCUT2D eigenvalue weighted by atomic mass is 9.79. The molecule has 1 aliphatic carbocycles. The molecule has 4 nitrogen and oxygen atoms in total. The van der Waals surface area contributed by atoms with E-state index in [1.165, 1.54) is 38.5 Å². The van der Waals surface area contributed by atoms with Crippen LogP contribution in [0.15, 0.2) is 0 Å². The van der Waals surface area contributed by atoms with Gasteiger partial charge in [0.1, 0.15) is 0 Å². The van der Waals surface area contributed by atoms with Gasteiger partial charge in [-0.15, -0.1) is 0 Å². The molecule has 0 unspecified atom stereocenters. The topological polar surface area (TPSA) is 55.7 Å². The quantitative estimate of drug-likeness (QED) is 0.539. The van der Waals surface area contributed by atoms with Gasteiger partial charge in [-0.25, -0.2) is 0 Å². The van der Waals surface area contributed by atoms with Crippen LogP contribution in [0, 0.1) is 11.3 Å². The van der Waals surface area contributed by atoms with E-state index >= 15 is 0 Å². The maximum Gasteiger partial charge on any atom is 0.0558 e. The largest absolute Gasteiger partial charge is 0.395 e. The van der Waals surface area contributed by atoms with Gasteiger partial charge in [-0.2, -0.15) is 0 Å². The lowest BCUT2D eigenvalue weighted by Crippen LogP contribution is -2.46. The summed E-state index contributed by atoms with van der Waals surface area (Å²) in [5.41, 5.74) is 0.315. The first-order valence-corrected chi connectivity index (χ1v) is 8.77. The Morgan fingerprint density at radius 1 is 1.00 bits per heavy atom. The fraction of sp³-hybridized carbons (Fsp3) is 1.00. The Morgan fingerprint density at radius 3 is 2.05 bits per heavy atom. The number of rotatable bonds is 10. The van der Waals surface area contributed by atoms with Crippen LogP contribution in [0.4, 0.5) is 0 Å². The summed E-state index contributed by atoms with van der Waals surface area (Å²) in [6, 6.07) is 0. The summed E-state index contributed by atoms with van der Waals surface area (Å²) in [4.78, 5) is 2.24. The van der Waals surface area contributed by atoms with Gasteiger partial charge < -0.3 is 15.5 Å². The van der Waals surface area contributed by atoms with E-state index in [1.54, 1.807) is 0 Å². The van der Waals surface area contributed by atoms with E-state index < -0.39 is 0 Å². The fourth-order valence-electron chi connectivity index (χ4n) is 3.52. The second kappa shape index (κ2) is 10.5. The van der Waals surface area contributed by atoms with E-state index in [0.29, 0.717) is 24.4 Å². The smallest absolute Gasteiger partial charge is 0.0558 e. The molecule has 1 saturated carbocycles. The molecule has 0 aromatic carbocycles. The zero-order chi connectivity index (χ0) is 15.6. The Bertz CT molecular complexity index is 245. The zero-order valence-electron chi connectivity index (χ0n) is 14.1. The van der Waals surface area contributed by atoms with Gasteiger partial charge in [-0.1, -0.05) is 39.5 Å². The maximum absolute atomic E-state index is 9.24. The summed E-state index contributed by atoms with van der Waals surface area (Å²) < 4.78 is 0. The number of nitrogens with one attached hydrogen (secondary N) is 1. The molecule has 0 saturated heterocycles. The van der Waals surface area contributed by atoms with E-state index in [1.807, 2.05) is 0 Å². The van der Waals surface area contributed by atoms with Gasteiger partial charge >= 0.3 is 0 Å². The van der Waals surface area contributed by atoms with Crippen molar-refractivity contribution >= 4 is 0 Å². The summed E-state index contributed by atoms with van der Waals surface area (Å²) in [7, 11) is 0. The van der Waals surface area contributed by atoms with Crippen molar-refractivity contribution in [3.05, 3.63) is 0 Å². The molecule has 3 N–H and O–H groups in total. The van der Waals surface area contributed by atoms with Gasteiger partial charge in [0.05, 0.1) is 13.2 Å². The summed E-state index contributed by atoms with van der Waals surface area (Å²) in [6.07, 6.45) is 7.87. The van der Waals surface area contributed by atoms with E-state index in [9.17, 15) is 10.2 Å². The first-order valence-electron chi connectivity index (χ1n) is 8.77. The van der Waals surface area contributed by atoms with Crippen LogP contribution in [0.1, 0.15) is 52.4 Å². The van der Waals surface area contributed by atoms with Crippen molar-refractivity contribution in [2.45, 2.75) is 52.4 Å². The van der Waals surface area contributed by atoms with E-state index in [2.05, 4.69) is 24.1 Å². The maximum atomic E-state index is 9.24. The van der Waals surface area contributed by atoms with Gasteiger partial charge in [0.2, 0.25) is 0 Å². The van der Waals surface area contributed by atoms with E-state index in [-0.39, 0.29) is 13.2 Å². The standard InChI is InChI=1S/C17H36N2O2/c1-16(2)13-18-14-17(7-5-3-4-6-8-17)15-19(9-11-20)10-12-21/h16,18,20-21H,3-15H2,1-2H3. The van der Waals surface area contributed by atoms with Crippen molar-refractivity contribution in [2.24, 2.45) is 11.3 Å². The highest BCUT2D eigenvalue weighted by molar-refractivity contribution is 4.87. The first-order chi connectivity index (χ1) is 10.1. The third kappa shape index (κ3) is 7.59. The average Bonchev–Trinajstić information content (AvgIpc) is 2.65. The van der Waals surface area contributed by atoms with Gasteiger partial charge in [-0.05, 0) is 30.7 Å². The molecule has 4 heteroatoms. The Morgan fingerprint density at radius 2 is 1.57 bits per heavy atom. The van der Waals surface area contributed by atoms with Crippen molar-refractivity contribution in [2.75, 3.05) is 45.9 Å². The van der Waals surface area contributed by atoms with Gasteiger partial charge in [0.25, 0.3) is 0 Å². The highest BCUT2D eigenvalue weighted by atomic mass is 16.3. The molecule has 0 radical (unpaired) electrons. The molecule has 21 heavy (non-hydrogen) atoms. The predicted octanol–water partition coefficient (Wildman–Crippen LogP) is 1.86. The van der Waals surface area contributed by atoms with Crippen LogP contribution in [0.3, 0.4) is 0 Å². The second-order valence-electron chi connectivity index (χ2n) is 7.16. The van der Waals surface area contributed by atoms with Gasteiger partial charge in [0, 0.05) is 26.2 Å². The average molecular weight is 300 g/mol. The molecule has 1 fully saturated rings. The highest BCUT2D eigenvalue weighted by Crippen LogP contribution is 2.35. The molecule has 0 aromatic rings. The Labute approximate surface area is 130 Å². The lowest BCUT2D eigenvalue weighted by Gasteiger charge is -2.38. The van der Waals surface area contributed by atoms with E-state index in [0.717, 1.165) is 19.6 Å². The van der Waals surface area contributed by atoms with Crippen molar-refractivity contribution in [3.8, 4) is 0 Å². The third-order valence-electron chi connectivity index (χ3n) is 4.61. The molecule has 0 aromatic heterocycles. The number of aliphatic hydroxyl groups is 2. The highest BCUT2D eigenvalue weighted by Gasteiger charge is 2.32. The molecule has 1 rings (SSSR count). The second-order valence-corrected chi connectivity index (χ2v) is 7.16. The molecular weight excluding hydrogens is 264 g/mol. The summed E-state index contributed by atoms with van der Waals surface area (Å²) in [6.45, 7) is 9.33. The molecule has 0 heterocycles. The number of aliphatic hydroxyl groups excluding tert-OH is 2. The Balaban J connectivity index is 2.64. The minimum absolute atomic E-state index is 0.176. The van der Waals surface area contributed by atoms with Crippen LogP contribution in [-0.2, 0) is 0 Å². The van der Waals surface area contributed by atoms with E-state index in [4.69, 9.17) is 0 Å².